The Labute approximate surface area is 98.3 Å². The molecule has 0 bridgehead atoms. The van der Waals surface area contributed by atoms with E-state index in [9.17, 15) is 20.1 Å². The zero-order chi connectivity index (χ0) is 13.2. The van der Waals surface area contributed by atoms with Crippen LogP contribution < -0.4 is 0 Å². The van der Waals surface area contributed by atoms with E-state index < -0.39 is 49.0 Å². The molecule has 100 valence electrons. The van der Waals surface area contributed by atoms with Crippen molar-refractivity contribution >= 4 is 5.97 Å². The highest BCUT2D eigenvalue weighted by Crippen LogP contribution is 2.28. The van der Waals surface area contributed by atoms with Gasteiger partial charge in [-0.3, -0.25) is 0 Å². The Kier molecular flexibility index (Phi) is 4.84. The third-order valence-electron chi connectivity index (χ3n) is 3.10. The summed E-state index contributed by atoms with van der Waals surface area (Å²) < 4.78 is 5.13. The van der Waals surface area contributed by atoms with E-state index in [2.05, 4.69) is 0 Å². The number of rotatable bonds is 4. The van der Waals surface area contributed by atoms with Gasteiger partial charge in [-0.1, -0.05) is 6.92 Å². The summed E-state index contributed by atoms with van der Waals surface area (Å²) in [6, 6.07) is 0. The van der Waals surface area contributed by atoms with Crippen LogP contribution in [0, 0.1) is 5.92 Å². The van der Waals surface area contributed by atoms with E-state index in [0.717, 1.165) is 0 Å². The van der Waals surface area contributed by atoms with E-state index in [4.69, 9.17) is 14.9 Å². The van der Waals surface area contributed by atoms with E-state index in [0.29, 0.717) is 0 Å². The highest BCUT2D eigenvalue weighted by Gasteiger charge is 2.43. The lowest BCUT2D eigenvalue weighted by Crippen LogP contribution is -2.54. The lowest BCUT2D eigenvalue weighted by molar-refractivity contribution is -0.202. The smallest absolute Gasteiger partial charge is 0.332 e. The molecule has 0 aromatic carbocycles. The van der Waals surface area contributed by atoms with Crippen LogP contribution in [0.4, 0.5) is 0 Å². The number of ether oxygens (including phenoxy) is 1. The third kappa shape index (κ3) is 3.14. The predicted octanol–water partition coefficient (Wildman–Crippen LogP) is -2.06. The van der Waals surface area contributed by atoms with Crippen molar-refractivity contribution in [2.24, 2.45) is 5.92 Å². The number of carbonyl (C=O) groups is 1. The molecule has 17 heavy (non-hydrogen) atoms. The maximum atomic E-state index is 10.8. The molecule has 1 saturated heterocycles. The summed E-state index contributed by atoms with van der Waals surface area (Å²) in [6.45, 7) is 0.919. The molecule has 6 atom stereocenters. The third-order valence-corrected chi connectivity index (χ3v) is 3.10. The van der Waals surface area contributed by atoms with Gasteiger partial charge in [-0.2, -0.15) is 0 Å². The van der Waals surface area contributed by atoms with E-state index in [1.165, 1.54) is 0 Å². The molecule has 7 heteroatoms. The topological polar surface area (TPSA) is 127 Å². The van der Waals surface area contributed by atoms with Crippen LogP contribution in [-0.2, 0) is 9.53 Å². The Morgan fingerprint density at radius 1 is 1.47 bits per heavy atom. The van der Waals surface area contributed by atoms with Crippen LogP contribution in [-0.4, -0.2) is 68.6 Å². The SMILES string of the molecule is CC1C(O)CC(C(=O)O)OC1[C@H](O)[C@H](O)CO. The fourth-order valence-corrected chi connectivity index (χ4v) is 1.90. The van der Waals surface area contributed by atoms with Gasteiger partial charge < -0.3 is 30.3 Å². The predicted molar refractivity (Wildman–Crippen MR) is 55.2 cm³/mol. The lowest BCUT2D eigenvalue weighted by Gasteiger charge is -2.39. The fourth-order valence-electron chi connectivity index (χ4n) is 1.90. The van der Waals surface area contributed by atoms with Gasteiger partial charge in [0.15, 0.2) is 6.10 Å². The molecule has 1 heterocycles. The van der Waals surface area contributed by atoms with Crippen molar-refractivity contribution in [3.05, 3.63) is 0 Å². The number of aliphatic hydroxyl groups is 4. The number of carboxylic acids is 1. The second kappa shape index (κ2) is 5.74. The summed E-state index contributed by atoms with van der Waals surface area (Å²) in [5, 5.41) is 46.2. The molecule has 0 saturated carbocycles. The highest BCUT2D eigenvalue weighted by molar-refractivity contribution is 5.72. The molecule has 0 aliphatic carbocycles. The van der Waals surface area contributed by atoms with E-state index >= 15 is 0 Å². The zero-order valence-electron chi connectivity index (χ0n) is 9.43. The minimum Gasteiger partial charge on any atom is -0.479 e. The lowest BCUT2D eigenvalue weighted by atomic mass is 9.86. The van der Waals surface area contributed by atoms with Crippen molar-refractivity contribution in [2.75, 3.05) is 6.61 Å². The van der Waals surface area contributed by atoms with Gasteiger partial charge in [0, 0.05) is 12.3 Å². The molecule has 1 rings (SSSR count). The normalized spacial score (nSPS) is 37.5. The summed E-state index contributed by atoms with van der Waals surface area (Å²) in [7, 11) is 0. The molecular formula is C10H18O7. The molecule has 0 spiro atoms. The average Bonchev–Trinajstić information content (AvgIpc) is 2.30. The molecule has 7 nitrogen and oxygen atoms in total. The highest BCUT2D eigenvalue weighted by atomic mass is 16.5. The van der Waals surface area contributed by atoms with E-state index in [1.807, 2.05) is 0 Å². The van der Waals surface area contributed by atoms with Crippen molar-refractivity contribution in [3.8, 4) is 0 Å². The number of hydrogen-bond donors (Lipinski definition) is 5. The molecular weight excluding hydrogens is 232 g/mol. The summed E-state index contributed by atoms with van der Waals surface area (Å²) >= 11 is 0. The average molecular weight is 250 g/mol. The van der Waals surface area contributed by atoms with Gasteiger partial charge in [0.25, 0.3) is 0 Å². The molecule has 4 unspecified atom stereocenters. The fraction of sp³-hybridized carbons (Fsp3) is 0.900. The Morgan fingerprint density at radius 2 is 2.06 bits per heavy atom. The Morgan fingerprint density at radius 3 is 2.53 bits per heavy atom. The van der Waals surface area contributed by atoms with Crippen molar-refractivity contribution in [1.29, 1.82) is 0 Å². The molecule has 1 aliphatic heterocycles. The number of carboxylic acid groups (broad SMARTS) is 1. The monoisotopic (exact) mass is 250 g/mol. The summed E-state index contributed by atoms with van der Waals surface area (Å²) in [5.74, 6) is -1.76. The van der Waals surface area contributed by atoms with E-state index in [1.54, 1.807) is 6.92 Å². The van der Waals surface area contributed by atoms with Gasteiger partial charge in [-0.05, 0) is 0 Å². The van der Waals surface area contributed by atoms with Crippen molar-refractivity contribution < 1.29 is 35.1 Å². The Bertz CT molecular complexity index is 269. The second-order valence-corrected chi connectivity index (χ2v) is 4.33. The minimum absolute atomic E-state index is 0.0606. The van der Waals surface area contributed by atoms with Crippen molar-refractivity contribution in [1.82, 2.24) is 0 Å². The van der Waals surface area contributed by atoms with Gasteiger partial charge in [0.1, 0.15) is 12.2 Å². The van der Waals surface area contributed by atoms with Crippen molar-refractivity contribution in [3.63, 3.8) is 0 Å². The minimum atomic E-state index is -1.44. The van der Waals surface area contributed by atoms with Gasteiger partial charge >= 0.3 is 5.97 Å². The van der Waals surface area contributed by atoms with Gasteiger partial charge in [0.2, 0.25) is 0 Å². The molecule has 0 amide bonds. The maximum Gasteiger partial charge on any atom is 0.332 e. The first kappa shape index (κ1) is 14.3. The van der Waals surface area contributed by atoms with Crippen LogP contribution in [0.1, 0.15) is 13.3 Å². The molecule has 1 fully saturated rings. The standard InChI is InChI=1S/C10H18O7/c1-4-5(12)2-7(10(15)16)17-9(4)8(14)6(13)3-11/h4-9,11-14H,2-3H2,1H3,(H,15,16)/t4?,5?,6-,7?,8-,9?/m1/s1. The van der Waals surface area contributed by atoms with Crippen LogP contribution >= 0.6 is 0 Å². The zero-order valence-corrected chi connectivity index (χ0v) is 9.43. The first-order chi connectivity index (χ1) is 7.88. The maximum absolute atomic E-state index is 10.8. The number of hydrogen-bond acceptors (Lipinski definition) is 6. The van der Waals surface area contributed by atoms with Gasteiger partial charge in [-0.25, -0.2) is 4.79 Å². The van der Waals surface area contributed by atoms with Crippen LogP contribution in [0.15, 0.2) is 0 Å². The largest absolute Gasteiger partial charge is 0.479 e. The molecule has 0 radical (unpaired) electrons. The first-order valence-electron chi connectivity index (χ1n) is 5.41. The quantitative estimate of drug-likeness (QED) is 0.388. The summed E-state index contributed by atoms with van der Waals surface area (Å²) in [6.07, 6.45) is -6.10. The molecule has 0 aromatic rings. The first-order valence-corrected chi connectivity index (χ1v) is 5.41. The van der Waals surface area contributed by atoms with E-state index in [-0.39, 0.29) is 6.42 Å². The number of aliphatic hydroxyl groups excluding tert-OH is 4. The van der Waals surface area contributed by atoms with Crippen LogP contribution in [0.5, 0.6) is 0 Å². The van der Waals surface area contributed by atoms with Crippen LogP contribution in [0.25, 0.3) is 0 Å². The van der Waals surface area contributed by atoms with Gasteiger partial charge in [0.05, 0.1) is 18.8 Å². The summed E-state index contributed by atoms with van der Waals surface area (Å²) in [5.41, 5.74) is 0. The van der Waals surface area contributed by atoms with Crippen LogP contribution in [0.2, 0.25) is 0 Å². The summed E-state index contributed by atoms with van der Waals surface area (Å²) in [4.78, 5) is 10.8. The molecule has 5 N–H and O–H groups in total. The number of aliphatic carboxylic acids is 1. The molecule has 1 aliphatic rings. The van der Waals surface area contributed by atoms with Crippen LogP contribution in [0.3, 0.4) is 0 Å². The Hall–Kier alpha value is -0.730. The van der Waals surface area contributed by atoms with Gasteiger partial charge in [-0.15, -0.1) is 0 Å². The molecule has 0 aromatic heterocycles. The Balaban J connectivity index is 2.77. The second-order valence-electron chi connectivity index (χ2n) is 4.33. The van der Waals surface area contributed by atoms with Crippen molar-refractivity contribution in [2.45, 2.75) is 43.9 Å².